The molecule has 4 aromatic carbocycles. The molecule has 2 bridgehead atoms. The number of hydrogen-bond acceptors (Lipinski definition) is 3. The molecule has 5 aromatic rings. The van der Waals surface area contributed by atoms with E-state index >= 15 is 0 Å². The van der Waals surface area contributed by atoms with Crippen molar-refractivity contribution in [2.45, 2.75) is 31.5 Å². The summed E-state index contributed by atoms with van der Waals surface area (Å²) in [6.45, 7) is 7.28. The number of benzene rings is 4. The van der Waals surface area contributed by atoms with Crippen molar-refractivity contribution in [3.8, 4) is 0 Å². The molecule has 1 unspecified atom stereocenters. The lowest BCUT2D eigenvalue weighted by atomic mass is 9.71. The minimum Gasteiger partial charge on any atom is -0.870 e. The zero-order valence-corrected chi connectivity index (χ0v) is 21.6. The fraction of sp³-hybridized carbons (Fsp3) is 0.265. The molecule has 3 aliphatic rings. The molecule has 192 valence electrons. The van der Waals surface area contributed by atoms with Gasteiger partial charge in [0.2, 0.25) is 0 Å². The van der Waals surface area contributed by atoms with Crippen LogP contribution in [0.5, 0.6) is 0 Å². The number of aromatic nitrogens is 1. The van der Waals surface area contributed by atoms with Crippen LogP contribution in [0, 0.1) is 11.8 Å². The first-order valence-electron chi connectivity index (χ1n) is 13.6. The second-order valence-corrected chi connectivity index (χ2v) is 11.2. The van der Waals surface area contributed by atoms with E-state index in [1.165, 1.54) is 33.5 Å². The molecule has 3 aliphatic heterocycles. The number of pyridine rings is 1. The van der Waals surface area contributed by atoms with E-state index in [0.717, 1.165) is 47.0 Å². The maximum Gasteiger partial charge on any atom is 0.131 e. The number of quaternary nitrogens is 1. The third-order valence-electron chi connectivity index (χ3n) is 9.40. The summed E-state index contributed by atoms with van der Waals surface area (Å²) in [6, 6.07) is 30.3. The van der Waals surface area contributed by atoms with Crippen LogP contribution in [0.3, 0.4) is 0 Å². The van der Waals surface area contributed by atoms with Crippen molar-refractivity contribution in [3.05, 3.63) is 115 Å². The van der Waals surface area contributed by atoms with Gasteiger partial charge in [0.25, 0.3) is 0 Å². The van der Waals surface area contributed by atoms with Gasteiger partial charge in [-0.25, -0.2) is 0 Å². The van der Waals surface area contributed by atoms with E-state index in [1.807, 2.05) is 30.5 Å². The minimum atomic E-state index is -0.539. The lowest BCUT2D eigenvalue weighted by Crippen LogP contribution is -2.67. The van der Waals surface area contributed by atoms with E-state index in [0.29, 0.717) is 11.8 Å². The minimum absolute atomic E-state index is 0. The molecule has 4 heteroatoms. The SMILES string of the molecule is C=C[C@H]1C[N+]2(Cc3c4ccccc4cc4ccccc34)CC[C@H]1C[C@@H]2[C@@H](O)c1ccnc2ccccc12.[OH-]. The molecule has 3 fully saturated rings. The Labute approximate surface area is 223 Å². The van der Waals surface area contributed by atoms with E-state index in [-0.39, 0.29) is 11.5 Å². The van der Waals surface area contributed by atoms with E-state index in [1.54, 1.807) is 0 Å². The zero-order chi connectivity index (χ0) is 25.0. The van der Waals surface area contributed by atoms with Crippen LogP contribution in [0.4, 0.5) is 0 Å². The maximum absolute atomic E-state index is 12.1. The Kier molecular flexibility index (Phi) is 6.27. The summed E-state index contributed by atoms with van der Waals surface area (Å²) in [5.74, 6) is 1.09. The molecule has 3 saturated heterocycles. The normalized spacial score (nSPS) is 25.3. The molecular formula is C34H34N2O2. The Bertz CT molecular complexity index is 1590. The van der Waals surface area contributed by atoms with Gasteiger partial charge >= 0.3 is 0 Å². The van der Waals surface area contributed by atoms with Gasteiger partial charge in [-0.05, 0) is 51.2 Å². The third-order valence-corrected chi connectivity index (χ3v) is 9.40. The molecule has 0 spiro atoms. The number of aliphatic hydroxyl groups is 1. The fourth-order valence-corrected chi connectivity index (χ4v) is 7.56. The zero-order valence-electron chi connectivity index (χ0n) is 21.6. The summed E-state index contributed by atoms with van der Waals surface area (Å²) in [7, 11) is 0. The molecule has 38 heavy (non-hydrogen) atoms. The maximum atomic E-state index is 12.1. The first-order chi connectivity index (χ1) is 18.2. The third kappa shape index (κ3) is 3.83. The molecule has 0 saturated carbocycles. The number of piperidine rings is 3. The lowest BCUT2D eigenvalue weighted by molar-refractivity contribution is -0.984. The molecule has 4 nitrogen and oxygen atoms in total. The number of fused-ring (bicyclic) bond motifs is 6. The highest BCUT2D eigenvalue weighted by molar-refractivity contribution is 6.02. The predicted molar refractivity (Wildman–Crippen MR) is 154 cm³/mol. The Balaban J connectivity index is 0.00000264. The fourth-order valence-electron chi connectivity index (χ4n) is 7.56. The van der Waals surface area contributed by atoms with Gasteiger partial charge in [0.1, 0.15) is 18.7 Å². The molecule has 5 atom stereocenters. The molecule has 8 rings (SSSR count). The molecule has 0 radical (unpaired) electrons. The van der Waals surface area contributed by atoms with Crippen molar-refractivity contribution in [1.29, 1.82) is 0 Å². The number of aliphatic hydroxyl groups excluding tert-OH is 1. The van der Waals surface area contributed by atoms with Gasteiger partial charge in [-0.15, -0.1) is 6.58 Å². The van der Waals surface area contributed by atoms with Crippen molar-refractivity contribution >= 4 is 32.4 Å². The summed E-state index contributed by atoms with van der Waals surface area (Å²) in [6.07, 6.45) is 5.72. The van der Waals surface area contributed by atoms with Crippen LogP contribution in [0.1, 0.15) is 30.1 Å². The van der Waals surface area contributed by atoms with Crippen molar-refractivity contribution in [1.82, 2.24) is 4.98 Å². The number of rotatable bonds is 5. The van der Waals surface area contributed by atoms with Crippen LogP contribution in [0.15, 0.2) is 104 Å². The summed E-state index contributed by atoms with van der Waals surface area (Å²) in [5.41, 5.74) is 3.37. The van der Waals surface area contributed by atoms with E-state index in [2.05, 4.69) is 78.3 Å². The molecule has 2 N–H and O–H groups in total. The Morgan fingerprint density at radius 2 is 1.58 bits per heavy atom. The molecule has 4 heterocycles. The van der Waals surface area contributed by atoms with Gasteiger partial charge in [0.15, 0.2) is 0 Å². The van der Waals surface area contributed by atoms with Crippen LogP contribution >= 0.6 is 0 Å². The number of hydrogen-bond donors (Lipinski definition) is 1. The quantitative estimate of drug-likeness (QED) is 0.160. The van der Waals surface area contributed by atoms with Gasteiger partial charge in [0, 0.05) is 35.9 Å². The van der Waals surface area contributed by atoms with E-state index < -0.39 is 6.10 Å². The summed E-state index contributed by atoms with van der Waals surface area (Å²) < 4.78 is 0.906. The van der Waals surface area contributed by atoms with Gasteiger partial charge < -0.3 is 15.1 Å². The highest BCUT2D eigenvalue weighted by Gasteiger charge is 2.54. The average Bonchev–Trinajstić information content (AvgIpc) is 2.96. The monoisotopic (exact) mass is 502 g/mol. The second kappa shape index (κ2) is 9.63. The highest BCUT2D eigenvalue weighted by atomic mass is 16.3. The Morgan fingerprint density at radius 3 is 2.29 bits per heavy atom. The standard InChI is InChI=1S/C34H33N2O.H2O/c1-2-23-21-36(22-31-27-11-5-3-9-25(27)19-26-10-4-6-12-28(26)31)18-16-24(23)20-33(36)34(37)30-15-17-35-32-14-8-7-13-29(30)32;/h2-15,17,19,23-24,33-34,37H,1,16,18,20-22H2;1H2/q+1;/p-1/t23-,24-,33+,34-,36?;/m0./s1. The van der Waals surface area contributed by atoms with Crippen LogP contribution in [-0.2, 0) is 6.54 Å². The van der Waals surface area contributed by atoms with Crippen LogP contribution in [0.25, 0.3) is 32.4 Å². The Morgan fingerprint density at radius 1 is 0.921 bits per heavy atom. The second-order valence-electron chi connectivity index (χ2n) is 11.2. The lowest BCUT2D eigenvalue weighted by Gasteiger charge is -2.58. The van der Waals surface area contributed by atoms with Gasteiger partial charge in [-0.1, -0.05) is 72.8 Å². The van der Waals surface area contributed by atoms with Crippen LogP contribution < -0.4 is 0 Å². The first kappa shape index (κ1) is 24.7. The van der Waals surface area contributed by atoms with Crippen molar-refractivity contribution in [2.75, 3.05) is 13.1 Å². The highest BCUT2D eigenvalue weighted by Crippen LogP contribution is 2.49. The molecular weight excluding hydrogens is 468 g/mol. The van der Waals surface area contributed by atoms with Crippen LogP contribution in [0.2, 0.25) is 0 Å². The van der Waals surface area contributed by atoms with Crippen molar-refractivity contribution in [2.24, 2.45) is 11.8 Å². The largest absolute Gasteiger partial charge is 0.870 e. The summed E-state index contributed by atoms with van der Waals surface area (Å²) >= 11 is 0. The molecule has 0 aliphatic carbocycles. The van der Waals surface area contributed by atoms with Gasteiger partial charge in [0.05, 0.1) is 18.6 Å². The Hall–Kier alpha value is -3.57. The topological polar surface area (TPSA) is 63.1 Å². The van der Waals surface area contributed by atoms with Gasteiger partial charge in [-0.3, -0.25) is 4.98 Å². The smallest absolute Gasteiger partial charge is 0.131 e. The molecule has 0 amide bonds. The van der Waals surface area contributed by atoms with E-state index in [9.17, 15) is 5.11 Å². The van der Waals surface area contributed by atoms with E-state index in [4.69, 9.17) is 0 Å². The summed E-state index contributed by atoms with van der Waals surface area (Å²) in [5, 5.41) is 18.4. The average molecular weight is 503 g/mol. The van der Waals surface area contributed by atoms with Crippen LogP contribution in [-0.4, -0.2) is 39.2 Å². The number of para-hydroxylation sites is 1. The van der Waals surface area contributed by atoms with Gasteiger partial charge in [-0.2, -0.15) is 0 Å². The first-order valence-corrected chi connectivity index (χ1v) is 13.6. The predicted octanol–water partition coefficient (Wildman–Crippen LogP) is 7.01. The van der Waals surface area contributed by atoms with Crippen molar-refractivity contribution < 1.29 is 15.1 Å². The molecule has 1 aromatic heterocycles. The summed E-state index contributed by atoms with van der Waals surface area (Å²) in [4.78, 5) is 4.57. The number of nitrogens with zero attached hydrogens (tertiary/aromatic N) is 2. The van der Waals surface area contributed by atoms with Crippen molar-refractivity contribution in [3.63, 3.8) is 0 Å².